The zero-order chi connectivity index (χ0) is 15.1. The standard InChI is InChI=1S/C19H21NO2/c1-13-5-3-6-14(2)18(13)20-11-15-8-9-17-16(7-4-10-21-17)19(15)22-12-20/h3,5-6,8-9H,4,7,10-12H2,1-2H3. The maximum absolute atomic E-state index is 6.14. The van der Waals surface area contributed by atoms with Crippen LogP contribution in [0.2, 0.25) is 0 Å². The van der Waals surface area contributed by atoms with Crippen molar-refractivity contribution in [2.24, 2.45) is 0 Å². The Hall–Kier alpha value is -2.16. The Balaban J connectivity index is 1.70. The van der Waals surface area contributed by atoms with Gasteiger partial charge in [-0.05, 0) is 49.9 Å². The fourth-order valence-corrected chi connectivity index (χ4v) is 3.61. The van der Waals surface area contributed by atoms with Crippen LogP contribution in [0.4, 0.5) is 5.69 Å². The first-order valence-electron chi connectivity index (χ1n) is 7.95. The quantitative estimate of drug-likeness (QED) is 0.794. The van der Waals surface area contributed by atoms with Crippen molar-refractivity contribution in [1.82, 2.24) is 0 Å². The summed E-state index contributed by atoms with van der Waals surface area (Å²) in [5.74, 6) is 2.06. The van der Waals surface area contributed by atoms with E-state index in [0.29, 0.717) is 6.73 Å². The lowest BCUT2D eigenvalue weighted by molar-refractivity contribution is 0.260. The van der Waals surface area contributed by atoms with Gasteiger partial charge in [-0.15, -0.1) is 0 Å². The molecule has 0 unspecified atom stereocenters. The molecular formula is C19H21NO2. The predicted octanol–water partition coefficient (Wildman–Crippen LogP) is 3.98. The monoisotopic (exact) mass is 295 g/mol. The topological polar surface area (TPSA) is 21.7 Å². The van der Waals surface area contributed by atoms with Crippen molar-refractivity contribution >= 4 is 5.69 Å². The summed E-state index contributed by atoms with van der Waals surface area (Å²) in [6.07, 6.45) is 2.13. The molecule has 0 aliphatic carbocycles. The second-order valence-electron chi connectivity index (χ2n) is 6.19. The molecule has 2 aromatic carbocycles. The van der Waals surface area contributed by atoms with E-state index >= 15 is 0 Å². The van der Waals surface area contributed by atoms with Crippen LogP contribution in [0, 0.1) is 13.8 Å². The molecule has 0 aromatic heterocycles. The average Bonchev–Trinajstić information content (AvgIpc) is 2.54. The first-order chi connectivity index (χ1) is 10.7. The van der Waals surface area contributed by atoms with Gasteiger partial charge in [0.05, 0.1) is 6.61 Å². The maximum atomic E-state index is 6.14. The van der Waals surface area contributed by atoms with Crippen LogP contribution in [0.5, 0.6) is 11.5 Å². The fourth-order valence-electron chi connectivity index (χ4n) is 3.61. The summed E-state index contributed by atoms with van der Waals surface area (Å²) < 4.78 is 11.9. The molecular weight excluding hydrogens is 274 g/mol. The number of benzene rings is 2. The summed E-state index contributed by atoms with van der Waals surface area (Å²) in [7, 11) is 0. The van der Waals surface area contributed by atoms with Gasteiger partial charge in [0.1, 0.15) is 11.5 Å². The van der Waals surface area contributed by atoms with E-state index in [9.17, 15) is 0 Å². The number of para-hydroxylation sites is 1. The highest BCUT2D eigenvalue weighted by Gasteiger charge is 2.25. The van der Waals surface area contributed by atoms with Gasteiger partial charge in [-0.3, -0.25) is 0 Å². The SMILES string of the molecule is Cc1cccc(C)c1N1COc2c(ccc3c2CCCO3)C1. The molecule has 0 spiro atoms. The number of nitrogens with zero attached hydrogens (tertiary/aromatic N) is 1. The molecule has 0 saturated heterocycles. The van der Waals surface area contributed by atoms with Gasteiger partial charge in [-0.2, -0.15) is 0 Å². The lowest BCUT2D eigenvalue weighted by atomic mass is 9.99. The minimum absolute atomic E-state index is 0.606. The minimum atomic E-state index is 0.606. The lowest BCUT2D eigenvalue weighted by Crippen LogP contribution is -2.33. The first-order valence-corrected chi connectivity index (χ1v) is 7.95. The number of hydrogen-bond donors (Lipinski definition) is 0. The van der Waals surface area contributed by atoms with E-state index in [-0.39, 0.29) is 0 Å². The van der Waals surface area contributed by atoms with Crippen LogP contribution in [-0.4, -0.2) is 13.3 Å². The molecule has 0 amide bonds. The van der Waals surface area contributed by atoms with Gasteiger partial charge < -0.3 is 14.4 Å². The first kappa shape index (κ1) is 13.5. The molecule has 114 valence electrons. The third kappa shape index (κ3) is 2.12. The van der Waals surface area contributed by atoms with Gasteiger partial charge in [0, 0.05) is 23.4 Å². The Kier molecular flexibility index (Phi) is 3.21. The van der Waals surface area contributed by atoms with Crippen molar-refractivity contribution < 1.29 is 9.47 Å². The summed E-state index contributed by atoms with van der Waals surface area (Å²) in [6.45, 7) is 6.65. The van der Waals surface area contributed by atoms with Gasteiger partial charge >= 0.3 is 0 Å². The van der Waals surface area contributed by atoms with E-state index in [1.165, 1.54) is 27.9 Å². The molecule has 2 heterocycles. The van der Waals surface area contributed by atoms with Crippen LogP contribution in [0.15, 0.2) is 30.3 Å². The Morgan fingerprint density at radius 3 is 2.64 bits per heavy atom. The maximum Gasteiger partial charge on any atom is 0.161 e. The molecule has 22 heavy (non-hydrogen) atoms. The second kappa shape index (κ2) is 5.24. The van der Waals surface area contributed by atoms with Crippen LogP contribution in [0.3, 0.4) is 0 Å². The summed E-state index contributed by atoms with van der Waals surface area (Å²) in [5, 5.41) is 0. The molecule has 3 nitrogen and oxygen atoms in total. The number of rotatable bonds is 1. The van der Waals surface area contributed by atoms with E-state index in [0.717, 1.165) is 37.5 Å². The number of hydrogen-bond acceptors (Lipinski definition) is 3. The molecule has 0 bridgehead atoms. The van der Waals surface area contributed by atoms with E-state index in [2.05, 4.69) is 49.1 Å². The molecule has 0 N–H and O–H groups in total. The van der Waals surface area contributed by atoms with Crippen molar-refractivity contribution in [3.63, 3.8) is 0 Å². The Morgan fingerprint density at radius 2 is 1.82 bits per heavy atom. The van der Waals surface area contributed by atoms with Crippen LogP contribution < -0.4 is 14.4 Å². The van der Waals surface area contributed by atoms with Gasteiger partial charge in [0.15, 0.2) is 6.73 Å². The van der Waals surface area contributed by atoms with Gasteiger partial charge in [0.2, 0.25) is 0 Å². The molecule has 2 aliphatic rings. The zero-order valence-electron chi connectivity index (χ0n) is 13.2. The van der Waals surface area contributed by atoms with Crippen molar-refractivity contribution in [3.8, 4) is 11.5 Å². The van der Waals surface area contributed by atoms with Crippen LogP contribution in [0.25, 0.3) is 0 Å². The summed E-state index contributed by atoms with van der Waals surface area (Å²) in [4.78, 5) is 2.32. The summed E-state index contributed by atoms with van der Waals surface area (Å²) in [6, 6.07) is 10.7. The molecule has 4 rings (SSSR count). The predicted molar refractivity (Wildman–Crippen MR) is 87.9 cm³/mol. The fraction of sp³-hybridized carbons (Fsp3) is 0.368. The highest BCUT2D eigenvalue weighted by molar-refractivity contribution is 5.61. The van der Waals surface area contributed by atoms with Gasteiger partial charge in [-0.1, -0.05) is 18.2 Å². The highest BCUT2D eigenvalue weighted by Crippen LogP contribution is 2.40. The van der Waals surface area contributed by atoms with Crippen LogP contribution in [0.1, 0.15) is 28.7 Å². The van der Waals surface area contributed by atoms with Crippen molar-refractivity contribution in [1.29, 1.82) is 0 Å². The van der Waals surface area contributed by atoms with Crippen LogP contribution in [-0.2, 0) is 13.0 Å². The van der Waals surface area contributed by atoms with E-state index in [4.69, 9.17) is 9.47 Å². The number of fused-ring (bicyclic) bond motifs is 3. The van der Waals surface area contributed by atoms with Gasteiger partial charge in [-0.25, -0.2) is 0 Å². The van der Waals surface area contributed by atoms with E-state index in [1.807, 2.05) is 0 Å². The molecule has 0 atom stereocenters. The number of aryl methyl sites for hydroxylation is 2. The smallest absolute Gasteiger partial charge is 0.161 e. The molecule has 2 aromatic rings. The number of anilines is 1. The molecule has 0 radical (unpaired) electrons. The normalized spacial score (nSPS) is 16.4. The molecule has 2 aliphatic heterocycles. The Bertz CT molecular complexity index is 703. The van der Waals surface area contributed by atoms with Crippen molar-refractivity contribution in [2.45, 2.75) is 33.2 Å². The van der Waals surface area contributed by atoms with Crippen LogP contribution >= 0.6 is 0 Å². The summed E-state index contributed by atoms with van der Waals surface area (Å²) >= 11 is 0. The van der Waals surface area contributed by atoms with E-state index in [1.54, 1.807) is 0 Å². The molecule has 3 heteroatoms. The second-order valence-corrected chi connectivity index (χ2v) is 6.19. The average molecular weight is 295 g/mol. The lowest BCUT2D eigenvalue weighted by Gasteiger charge is -2.34. The Labute approximate surface area is 131 Å². The third-order valence-corrected chi connectivity index (χ3v) is 4.61. The van der Waals surface area contributed by atoms with E-state index < -0.39 is 0 Å². The zero-order valence-corrected chi connectivity index (χ0v) is 13.2. The molecule has 0 fully saturated rings. The van der Waals surface area contributed by atoms with Crippen molar-refractivity contribution in [3.05, 3.63) is 52.6 Å². The Morgan fingerprint density at radius 1 is 1.00 bits per heavy atom. The van der Waals surface area contributed by atoms with Crippen molar-refractivity contribution in [2.75, 3.05) is 18.2 Å². The minimum Gasteiger partial charge on any atom is -0.493 e. The highest BCUT2D eigenvalue weighted by atomic mass is 16.5. The third-order valence-electron chi connectivity index (χ3n) is 4.61. The van der Waals surface area contributed by atoms with Gasteiger partial charge in [0.25, 0.3) is 0 Å². The summed E-state index contributed by atoms with van der Waals surface area (Å²) in [5.41, 5.74) is 6.41. The largest absolute Gasteiger partial charge is 0.493 e. The number of ether oxygens (including phenoxy) is 2. The molecule has 0 saturated carbocycles.